The van der Waals surface area contributed by atoms with E-state index in [9.17, 15) is 10.1 Å². The summed E-state index contributed by atoms with van der Waals surface area (Å²) in [5.74, 6) is 0.305. The fourth-order valence-electron chi connectivity index (χ4n) is 5.90. The summed E-state index contributed by atoms with van der Waals surface area (Å²) in [4.78, 5) is 21.9. The molecule has 0 aliphatic carbocycles. The molecule has 1 N–H and O–H groups in total. The van der Waals surface area contributed by atoms with E-state index in [-0.39, 0.29) is 36.1 Å². The standard InChI is InChI=1S/C27H35N7O2/c1-17-9-21(7-8-36-17)33(4)27-23-10-19(12-28)5-6-24(23)29-14-25(27)31-18(2)20-11-26(35)34(15-20)22-13-30-32(3)16-22/h5-6,10,13-14,16-18,20-21,25,27,31H,7-9,11,15H2,1-4H3/t17-,18?,20-,21?,25?,27?/m1/s1. The Bertz CT molecular complexity index is 1190. The van der Waals surface area contributed by atoms with Gasteiger partial charge in [-0.1, -0.05) is 0 Å². The number of aryl methyl sites for hydroxylation is 1. The van der Waals surface area contributed by atoms with Gasteiger partial charge in [0.2, 0.25) is 5.91 Å². The first kappa shape index (κ1) is 24.6. The number of anilines is 1. The largest absolute Gasteiger partial charge is 0.378 e. The molecule has 0 radical (unpaired) electrons. The number of carbonyl (C=O) groups is 1. The van der Waals surface area contributed by atoms with Crippen LogP contribution in [0, 0.1) is 17.2 Å². The van der Waals surface area contributed by atoms with E-state index < -0.39 is 0 Å². The quantitative estimate of drug-likeness (QED) is 0.670. The summed E-state index contributed by atoms with van der Waals surface area (Å²) in [6.45, 7) is 5.71. The lowest BCUT2D eigenvalue weighted by molar-refractivity contribution is -0.117. The molecule has 0 bridgehead atoms. The van der Waals surface area contributed by atoms with E-state index in [0.29, 0.717) is 24.6 Å². The first-order valence-corrected chi connectivity index (χ1v) is 12.8. The summed E-state index contributed by atoms with van der Waals surface area (Å²) in [6, 6.07) is 8.49. The van der Waals surface area contributed by atoms with Gasteiger partial charge in [-0.15, -0.1) is 0 Å². The number of nitriles is 1. The molecule has 1 amide bonds. The molecule has 3 aliphatic heterocycles. The number of nitrogens with one attached hydrogen (secondary N) is 1. The molecule has 190 valence electrons. The third-order valence-electron chi connectivity index (χ3n) is 7.98. The number of carbonyl (C=O) groups excluding carboxylic acids is 1. The number of hydrogen-bond donors (Lipinski definition) is 1. The lowest BCUT2D eigenvalue weighted by atomic mass is 9.89. The molecule has 2 fully saturated rings. The summed E-state index contributed by atoms with van der Waals surface area (Å²) in [5.41, 5.74) is 3.48. The average Bonchev–Trinajstić information content (AvgIpc) is 3.48. The van der Waals surface area contributed by atoms with Crippen LogP contribution in [0.3, 0.4) is 0 Å². The van der Waals surface area contributed by atoms with Crippen LogP contribution < -0.4 is 10.2 Å². The summed E-state index contributed by atoms with van der Waals surface area (Å²) in [5, 5.41) is 17.6. The smallest absolute Gasteiger partial charge is 0.227 e. The number of hydrogen-bond acceptors (Lipinski definition) is 7. The number of aromatic nitrogens is 2. The van der Waals surface area contributed by atoms with E-state index in [1.165, 1.54) is 0 Å². The Morgan fingerprint density at radius 2 is 2.19 bits per heavy atom. The third kappa shape index (κ3) is 4.81. The predicted molar refractivity (Wildman–Crippen MR) is 138 cm³/mol. The van der Waals surface area contributed by atoms with E-state index in [1.807, 2.05) is 42.6 Å². The first-order valence-electron chi connectivity index (χ1n) is 12.8. The second kappa shape index (κ2) is 10.1. The Kier molecular flexibility index (Phi) is 6.93. The fraction of sp³-hybridized carbons (Fsp3) is 0.556. The molecule has 0 spiro atoms. The highest BCUT2D eigenvalue weighted by atomic mass is 16.5. The molecule has 6 atom stereocenters. The van der Waals surface area contributed by atoms with Crippen molar-refractivity contribution < 1.29 is 9.53 Å². The minimum absolute atomic E-state index is 0.0232. The van der Waals surface area contributed by atoms with Crippen molar-refractivity contribution in [1.82, 2.24) is 20.0 Å². The van der Waals surface area contributed by atoms with Crippen LogP contribution in [0.1, 0.15) is 50.3 Å². The monoisotopic (exact) mass is 489 g/mol. The second-order valence-corrected chi connectivity index (χ2v) is 10.5. The van der Waals surface area contributed by atoms with E-state index >= 15 is 0 Å². The highest BCUT2D eigenvalue weighted by Crippen LogP contribution is 2.38. The number of likely N-dealkylation sites (N-methyl/N-ethyl adjacent to an activating group) is 1. The Balaban J connectivity index is 1.38. The van der Waals surface area contributed by atoms with Gasteiger partial charge >= 0.3 is 0 Å². The molecule has 4 unspecified atom stereocenters. The normalized spacial score (nSPS) is 28.8. The molecule has 4 heterocycles. The van der Waals surface area contributed by atoms with E-state index in [0.717, 1.165) is 36.4 Å². The highest BCUT2D eigenvalue weighted by molar-refractivity contribution is 5.95. The van der Waals surface area contributed by atoms with Gasteiger partial charge in [0.25, 0.3) is 0 Å². The number of amides is 1. The van der Waals surface area contributed by atoms with Crippen LogP contribution in [0.5, 0.6) is 0 Å². The summed E-state index contributed by atoms with van der Waals surface area (Å²) >= 11 is 0. The minimum Gasteiger partial charge on any atom is -0.378 e. The maximum Gasteiger partial charge on any atom is 0.227 e. The molecule has 36 heavy (non-hydrogen) atoms. The highest BCUT2D eigenvalue weighted by Gasteiger charge is 2.39. The van der Waals surface area contributed by atoms with E-state index in [1.54, 1.807) is 10.9 Å². The van der Waals surface area contributed by atoms with Crippen LogP contribution in [0.25, 0.3) is 0 Å². The Hall–Kier alpha value is -3.06. The maximum atomic E-state index is 12.8. The molecule has 2 aromatic rings. The van der Waals surface area contributed by atoms with Crippen molar-refractivity contribution in [3.05, 3.63) is 41.7 Å². The van der Waals surface area contributed by atoms with Crippen molar-refractivity contribution in [2.75, 3.05) is 25.1 Å². The van der Waals surface area contributed by atoms with Crippen LogP contribution in [-0.4, -0.2) is 71.2 Å². The molecule has 1 aromatic heterocycles. The van der Waals surface area contributed by atoms with Crippen LogP contribution in [0.4, 0.5) is 11.4 Å². The van der Waals surface area contributed by atoms with Crippen LogP contribution >= 0.6 is 0 Å². The zero-order valence-electron chi connectivity index (χ0n) is 21.5. The summed E-state index contributed by atoms with van der Waals surface area (Å²) in [6.07, 6.45) is 8.30. The average molecular weight is 490 g/mol. The predicted octanol–water partition coefficient (Wildman–Crippen LogP) is 2.95. The van der Waals surface area contributed by atoms with E-state index in [2.05, 4.69) is 42.3 Å². The molecule has 9 nitrogen and oxygen atoms in total. The Morgan fingerprint density at radius 3 is 2.92 bits per heavy atom. The molecule has 3 aliphatic rings. The van der Waals surface area contributed by atoms with Gasteiger partial charge in [-0.25, -0.2) is 0 Å². The van der Waals surface area contributed by atoms with Crippen LogP contribution in [0.2, 0.25) is 0 Å². The van der Waals surface area contributed by atoms with Gasteiger partial charge in [0.05, 0.1) is 47.4 Å². The third-order valence-corrected chi connectivity index (χ3v) is 7.98. The lowest BCUT2D eigenvalue weighted by Gasteiger charge is -2.44. The summed E-state index contributed by atoms with van der Waals surface area (Å²) in [7, 11) is 4.04. The van der Waals surface area contributed by atoms with Crippen molar-refractivity contribution in [3.63, 3.8) is 0 Å². The SMILES string of the molecule is CC(NC1C=Nc2ccc(C#N)cc2C1N(C)C1CCO[C@H](C)C1)[C@@H]1CC(=O)N(c2cnn(C)c2)C1. The minimum atomic E-state index is -0.0489. The maximum absolute atomic E-state index is 12.8. The van der Waals surface area contributed by atoms with Crippen molar-refractivity contribution in [2.24, 2.45) is 18.0 Å². The van der Waals surface area contributed by atoms with Crippen LogP contribution in [0.15, 0.2) is 35.6 Å². The molecule has 2 saturated heterocycles. The number of fused-ring (bicyclic) bond motifs is 1. The van der Waals surface area contributed by atoms with Crippen molar-refractivity contribution in [3.8, 4) is 6.07 Å². The number of aliphatic imine (C=N–C) groups is 1. The molecule has 0 saturated carbocycles. The van der Waals surface area contributed by atoms with Gasteiger partial charge in [-0.05, 0) is 57.5 Å². The zero-order valence-corrected chi connectivity index (χ0v) is 21.5. The molecule has 1 aromatic carbocycles. The number of rotatable bonds is 6. The van der Waals surface area contributed by atoms with Gasteiger partial charge < -0.3 is 15.0 Å². The van der Waals surface area contributed by atoms with Gasteiger partial charge in [-0.2, -0.15) is 10.4 Å². The van der Waals surface area contributed by atoms with Crippen molar-refractivity contribution in [1.29, 1.82) is 5.26 Å². The fourth-order valence-corrected chi connectivity index (χ4v) is 5.90. The first-order chi connectivity index (χ1) is 17.3. The van der Waals surface area contributed by atoms with Crippen molar-refractivity contribution in [2.45, 2.75) is 63.4 Å². The van der Waals surface area contributed by atoms with Gasteiger partial charge in [0.1, 0.15) is 0 Å². The van der Waals surface area contributed by atoms with Crippen molar-refractivity contribution >= 4 is 23.5 Å². The van der Waals surface area contributed by atoms with Gasteiger partial charge in [0, 0.05) is 57.0 Å². The molecular formula is C27H35N7O2. The summed E-state index contributed by atoms with van der Waals surface area (Å²) < 4.78 is 7.54. The molecular weight excluding hydrogens is 454 g/mol. The Labute approximate surface area is 212 Å². The van der Waals surface area contributed by atoms with Gasteiger partial charge in [-0.3, -0.25) is 19.4 Å². The van der Waals surface area contributed by atoms with Gasteiger partial charge in [0.15, 0.2) is 0 Å². The van der Waals surface area contributed by atoms with Crippen LogP contribution in [-0.2, 0) is 16.6 Å². The number of benzene rings is 1. The number of nitrogens with zero attached hydrogens (tertiary/aromatic N) is 6. The second-order valence-electron chi connectivity index (χ2n) is 10.5. The topological polar surface area (TPSA) is 98.8 Å². The Morgan fingerprint density at radius 1 is 1.36 bits per heavy atom. The van der Waals surface area contributed by atoms with E-state index in [4.69, 9.17) is 9.73 Å². The number of ether oxygens (including phenoxy) is 1. The zero-order chi connectivity index (χ0) is 25.4. The lowest BCUT2D eigenvalue weighted by Crippen LogP contribution is -2.53. The molecule has 9 heteroatoms. The molecule has 5 rings (SSSR count).